The van der Waals surface area contributed by atoms with Gasteiger partial charge in [0.15, 0.2) is 0 Å². The predicted molar refractivity (Wildman–Crippen MR) is 96.1 cm³/mol. The summed E-state index contributed by atoms with van der Waals surface area (Å²) in [5, 5.41) is 2.92. The van der Waals surface area contributed by atoms with Crippen LogP contribution in [0.1, 0.15) is 30.1 Å². The van der Waals surface area contributed by atoms with Crippen molar-refractivity contribution < 1.29 is 14.3 Å². The van der Waals surface area contributed by atoms with E-state index in [1.165, 1.54) is 5.56 Å². The van der Waals surface area contributed by atoms with Crippen LogP contribution in [0, 0.1) is 0 Å². The molecule has 26 heavy (non-hydrogen) atoms. The minimum absolute atomic E-state index is 0.0632. The van der Waals surface area contributed by atoms with E-state index in [9.17, 15) is 4.79 Å². The molecule has 2 saturated heterocycles. The van der Waals surface area contributed by atoms with Gasteiger partial charge in [0.1, 0.15) is 0 Å². The molecule has 0 aromatic carbocycles. The van der Waals surface area contributed by atoms with Gasteiger partial charge in [0.05, 0.1) is 32.1 Å². The first kappa shape index (κ1) is 17.6. The summed E-state index contributed by atoms with van der Waals surface area (Å²) >= 11 is 0. The van der Waals surface area contributed by atoms with Gasteiger partial charge in [-0.3, -0.25) is 9.69 Å². The van der Waals surface area contributed by atoms with Crippen LogP contribution < -0.4 is 10.2 Å². The molecule has 8 heteroatoms. The van der Waals surface area contributed by atoms with Crippen molar-refractivity contribution in [1.82, 2.24) is 20.2 Å². The number of rotatable bonds is 6. The lowest BCUT2D eigenvalue weighted by Gasteiger charge is -2.35. The van der Waals surface area contributed by atoms with Crippen LogP contribution in [0.25, 0.3) is 0 Å². The molecule has 0 radical (unpaired) electrons. The van der Waals surface area contributed by atoms with Crippen molar-refractivity contribution in [3.8, 4) is 0 Å². The van der Waals surface area contributed by atoms with Crippen LogP contribution in [-0.2, 0) is 20.7 Å². The Balaban J connectivity index is 1.45. The van der Waals surface area contributed by atoms with Gasteiger partial charge in [-0.05, 0) is 12.8 Å². The Hall–Kier alpha value is -1.77. The van der Waals surface area contributed by atoms with Crippen molar-refractivity contribution in [1.29, 1.82) is 0 Å². The second-order valence-electron chi connectivity index (χ2n) is 7.14. The van der Waals surface area contributed by atoms with Crippen LogP contribution in [0.15, 0.2) is 6.20 Å². The summed E-state index contributed by atoms with van der Waals surface area (Å²) < 4.78 is 10.4. The monoisotopic (exact) mass is 361 g/mol. The number of carbonyl (C=O) groups excluding carboxylic acids is 1. The van der Waals surface area contributed by atoms with Crippen molar-refractivity contribution in [2.24, 2.45) is 0 Å². The van der Waals surface area contributed by atoms with Gasteiger partial charge < -0.3 is 19.7 Å². The van der Waals surface area contributed by atoms with Crippen molar-refractivity contribution in [2.45, 2.75) is 31.3 Å². The number of carbonyl (C=O) groups is 1. The highest BCUT2D eigenvalue weighted by atomic mass is 16.5. The Morgan fingerprint density at radius 1 is 1.38 bits per heavy atom. The molecule has 3 aliphatic heterocycles. The van der Waals surface area contributed by atoms with E-state index in [1.807, 2.05) is 6.20 Å². The van der Waals surface area contributed by atoms with E-state index in [4.69, 9.17) is 14.5 Å². The number of nitrogens with one attached hydrogen (secondary N) is 1. The van der Waals surface area contributed by atoms with Crippen LogP contribution in [0.2, 0.25) is 0 Å². The van der Waals surface area contributed by atoms with Gasteiger partial charge in [-0.1, -0.05) is 0 Å². The first-order valence-corrected chi connectivity index (χ1v) is 9.46. The highest BCUT2D eigenvalue weighted by Gasteiger charge is 2.41. The first-order valence-electron chi connectivity index (χ1n) is 9.46. The number of ether oxygens (including phenoxy) is 2. The molecule has 4 heterocycles. The summed E-state index contributed by atoms with van der Waals surface area (Å²) in [6, 6.07) is 0.656. The van der Waals surface area contributed by atoms with E-state index < -0.39 is 0 Å². The van der Waals surface area contributed by atoms with E-state index in [2.05, 4.69) is 20.1 Å². The molecule has 1 aromatic rings. The van der Waals surface area contributed by atoms with Gasteiger partial charge in [-0.25, -0.2) is 9.97 Å². The quantitative estimate of drug-likeness (QED) is 0.722. The Labute approximate surface area is 153 Å². The molecule has 2 atom stereocenters. The minimum atomic E-state index is 0.0632. The smallest absolute Gasteiger partial charge is 0.234 e. The van der Waals surface area contributed by atoms with Crippen molar-refractivity contribution in [3.63, 3.8) is 0 Å². The standard InChI is InChI=1S/C18H27N5O3/c1-25-7-4-19-17(24)12-23-13-2-3-16(23)14-11-20-18(21-15(14)10-13)22-5-8-26-9-6-22/h11,13,16H,2-10,12H2,1H3,(H,19,24)/t13-,16+/m0/s1. The summed E-state index contributed by atoms with van der Waals surface area (Å²) in [6.45, 7) is 4.69. The molecular formula is C18H27N5O3. The third-order valence-electron chi connectivity index (χ3n) is 5.57. The lowest BCUT2D eigenvalue weighted by atomic mass is 9.99. The van der Waals surface area contributed by atoms with Crippen LogP contribution >= 0.6 is 0 Å². The van der Waals surface area contributed by atoms with Crippen molar-refractivity contribution in [3.05, 3.63) is 17.5 Å². The third-order valence-corrected chi connectivity index (χ3v) is 5.57. The number of hydrogen-bond donors (Lipinski definition) is 1. The molecule has 0 unspecified atom stereocenters. The summed E-state index contributed by atoms with van der Waals surface area (Å²) in [7, 11) is 1.64. The van der Waals surface area contributed by atoms with E-state index in [0.29, 0.717) is 25.7 Å². The van der Waals surface area contributed by atoms with Crippen molar-refractivity contribution in [2.75, 3.05) is 58.0 Å². The van der Waals surface area contributed by atoms with Crippen LogP contribution in [-0.4, -0.2) is 79.9 Å². The zero-order valence-electron chi connectivity index (χ0n) is 15.3. The maximum absolute atomic E-state index is 12.2. The average Bonchev–Trinajstić information content (AvgIpc) is 2.94. The Morgan fingerprint density at radius 2 is 2.23 bits per heavy atom. The molecule has 142 valence electrons. The van der Waals surface area contributed by atoms with Gasteiger partial charge >= 0.3 is 0 Å². The third kappa shape index (κ3) is 3.54. The lowest BCUT2D eigenvalue weighted by Crippen LogP contribution is -2.45. The molecule has 3 aliphatic rings. The Morgan fingerprint density at radius 3 is 3.04 bits per heavy atom. The largest absolute Gasteiger partial charge is 0.383 e. The second kappa shape index (κ2) is 7.85. The molecule has 0 aliphatic carbocycles. The van der Waals surface area contributed by atoms with E-state index >= 15 is 0 Å². The number of nitrogens with zero attached hydrogens (tertiary/aromatic N) is 4. The zero-order valence-corrected chi connectivity index (χ0v) is 15.3. The number of fused-ring (bicyclic) bond motifs is 4. The van der Waals surface area contributed by atoms with E-state index in [-0.39, 0.29) is 11.9 Å². The number of hydrogen-bond acceptors (Lipinski definition) is 7. The van der Waals surface area contributed by atoms with E-state index in [0.717, 1.165) is 57.2 Å². The molecule has 2 bridgehead atoms. The van der Waals surface area contributed by atoms with E-state index in [1.54, 1.807) is 7.11 Å². The molecule has 1 N–H and O–H groups in total. The molecular weight excluding hydrogens is 334 g/mol. The highest BCUT2D eigenvalue weighted by molar-refractivity contribution is 5.78. The summed E-state index contributed by atoms with van der Waals surface area (Å²) in [5.41, 5.74) is 2.35. The highest BCUT2D eigenvalue weighted by Crippen LogP contribution is 2.42. The zero-order chi connectivity index (χ0) is 17.9. The number of methoxy groups -OCH3 is 1. The second-order valence-corrected chi connectivity index (χ2v) is 7.14. The number of aromatic nitrogens is 2. The predicted octanol–water partition coefficient (Wildman–Crippen LogP) is 0.137. The Kier molecular flexibility index (Phi) is 5.33. The molecule has 4 rings (SSSR count). The normalized spacial score (nSPS) is 25.2. The van der Waals surface area contributed by atoms with Crippen LogP contribution in [0.4, 0.5) is 5.95 Å². The first-order chi connectivity index (χ1) is 12.8. The van der Waals surface area contributed by atoms with Gasteiger partial charge in [0, 0.05) is 57.0 Å². The number of morpholine rings is 1. The molecule has 1 aromatic heterocycles. The summed E-state index contributed by atoms with van der Waals surface area (Å²) in [5.74, 6) is 0.880. The van der Waals surface area contributed by atoms with Crippen LogP contribution in [0.3, 0.4) is 0 Å². The fourth-order valence-corrected chi connectivity index (χ4v) is 4.24. The maximum Gasteiger partial charge on any atom is 0.234 e. The molecule has 1 amide bonds. The summed E-state index contributed by atoms with van der Waals surface area (Å²) in [4.78, 5) is 26.2. The number of amides is 1. The van der Waals surface area contributed by atoms with Crippen molar-refractivity contribution >= 4 is 11.9 Å². The Bertz CT molecular complexity index is 650. The minimum Gasteiger partial charge on any atom is -0.383 e. The average molecular weight is 361 g/mol. The fourth-order valence-electron chi connectivity index (χ4n) is 4.24. The van der Waals surface area contributed by atoms with Gasteiger partial charge in [-0.2, -0.15) is 0 Å². The molecule has 8 nitrogen and oxygen atoms in total. The topological polar surface area (TPSA) is 79.8 Å². The maximum atomic E-state index is 12.2. The SMILES string of the molecule is COCCNC(=O)CN1[C@H]2CC[C@@H]1c1cnc(N3CCOCC3)nc1C2. The fraction of sp³-hybridized carbons (Fsp3) is 0.722. The molecule has 2 fully saturated rings. The van der Waals surface area contributed by atoms with Gasteiger partial charge in [0.25, 0.3) is 0 Å². The van der Waals surface area contributed by atoms with Crippen LogP contribution in [0.5, 0.6) is 0 Å². The number of anilines is 1. The van der Waals surface area contributed by atoms with Gasteiger partial charge in [-0.15, -0.1) is 0 Å². The lowest BCUT2D eigenvalue weighted by molar-refractivity contribution is -0.123. The summed E-state index contributed by atoms with van der Waals surface area (Å²) in [6.07, 6.45) is 5.06. The molecule has 0 spiro atoms. The van der Waals surface area contributed by atoms with Gasteiger partial charge in [0.2, 0.25) is 11.9 Å². The molecule has 0 saturated carbocycles.